The molecule has 0 aliphatic carbocycles. The van der Waals surface area contributed by atoms with E-state index in [1.54, 1.807) is 0 Å². The highest BCUT2D eigenvalue weighted by atomic mass is 32.1. The Bertz CT molecular complexity index is 351. The second-order valence-corrected chi connectivity index (χ2v) is 7.04. The molecular formula is C16H28N2S. The van der Waals surface area contributed by atoms with E-state index in [4.69, 9.17) is 0 Å². The molecular weight excluding hydrogens is 252 g/mol. The highest BCUT2D eigenvalue weighted by molar-refractivity contribution is 7.10. The fourth-order valence-corrected chi connectivity index (χ4v) is 4.17. The van der Waals surface area contributed by atoms with Gasteiger partial charge in [-0.15, -0.1) is 11.3 Å². The minimum absolute atomic E-state index is 0.186. The number of thiophene rings is 1. The molecule has 1 aromatic heterocycles. The second-order valence-electron chi connectivity index (χ2n) is 6.06. The summed E-state index contributed by atoms with van der Waals surface area (Å²) in [5.41, 5.74) is 0.186. The first kappa shape index (κ1) is 15.0. The number of nitrogens with zero attached hydrogens (tertiary/aromatic N) is 1. The number of nitrogens with one attached hydrogen (secondary N) is 1. The van der Waals surface area contributed by atoms with Gasteiger partial charge in [0.05, 0.1) is 6.04 Å². The molecule has 1 saturated heterocycles. The predicted octanol–water partition coefficient (Wildman–Crippen LogP) is 4.05. The van der Waals surface area contributed by atoms with E-state index in [1.807, 2.05) is 11.3 Å². The van der Waals surface area contributed by atoms with Crippen LogP contribution in [0.2, 0.25) is 0 Å². The first-order valence-corrected chi connectivity index (χ1v) is 8.56. The summed E-state index contributed by atoms with van der Waals surface area (Å²) in [6, 6.07) is 4.89. The summed E-state index contributed by atoms with van der Waals surface area (Å²) in [5.74, 6) is 0. The summed E-state index contributed by atoms with van der Waals surface area (Å²) < 4.78 is 0. The molecule has 19 heavy (non-hydrogen) atoms. The molecule has 1 aliphatic heterocycles. The van der Waals surface area contributed by atoms with Crippen molar-refractivity contribution in [3.05, 3.63) is 22.4 Å². The zero-order valence-corrected chi connectivity index (χ0v) is 13.4. The number of rotatable bonds is 5. The second kappa shape index (κ2) is 6.87. The van der Waals surface area contributed by atoms with Crippen molar-refractivity contribution in [1.29, 1.82) is 0 Å². The summed E-state index contributed by atoms with van der Waals surface area (Å²) in [6.07, 6.45) is 5.51. The third-order valence-electron chi connectivity index (χ3n) is 4.36. The number of likely N-dealkylation sites (tertiary alicyclic amines) is 1. The van der Waals surface area contributed by atoms with Gasteiger partial charge in [-0.05, 0) is 57.8 Å². The fourth-order valence-electron chi connectivity index (χ4n) is 3.19. The van der Waals surface area contributed by atoms with Crippen molar-refractivity contribution in [2.24, 2.45) is 0 Å². The summed E-state index contributed by atoms with van der Waals surface area (Å²) in [5, 5.41) is 5.90. The Morgan fingerprint density at radius 1 is 1.26 bits per heavy atom. The Hall–Kier alpha value is -0.380. The Balaban J connectivity index is 2.17. The first-order valence-electron chi connectivity index (χ1n) is 7.68. The van der Waals surface area contributed by atoms with Crippen LogP contribution < -0.4 is 5.32 Å². The van der Waals surface area contributed by atoms with Crippen LogP contribution in [-0.2, 0) is 0 Å². The minimum atomic E-state index is 0.186. The summed E-state index contributed by atoms with van der Waals surface area (Å²) in [4.78, 5) is 4.17. The number of hydrogen-bond donors (Lipinski definition) is 1. The molecule has 108 valence electrons. The molecule has 0 spiro atoms. The van der Waals surface area contributed by atoms with Crippen LogP contribution in [0.15, 0.2) is 17.5 Å². The van der Waals surface area contributed by atoms with Gasteiger partial charge in [-0.2, -0.15) is 0 Å². The molecule has 0 aromatic carbocycles. The molecule has 1 aliphatic rings. The first-order chi connectivity index (χ1) is 9.16. The standard InChI is InChI=1S/C16H28N2S/c1-4-17-15(14-10-9-13-19-14)16(2,3)18-11-7-5-6-8-12-18/h9-10,13,15,17H,4-8,11-12H2,1-3H3. The largest absolute Gasteiger partial charge is 0.308 e. The van der Waals surface area contributed by atoms with E-state index in [-0.39, 0.29) is 5.54 Å². The van der Waals surface area contributed by atoms with Crippen LogP contribution >= 0.6 is 11.3 Å². The molecule has 3 heteroatoms. The highest BCUT2D eigenvalue weighted by Gasteiger charge is 2.36. The molecule has 0 radical (unpaired) electrons. The van der Waals surface area contributed by atoms with Crippen molar-refractivity contribution in [2.45, 2.75) is 58.0 Å². The molecule has 2 rings (SSSR count). The van der Waals surface area contributed by atoms with Gasteiger partial charge in [0.25, 0.3) is 0 Å². The minimum Gasteiger partial charge on any atom is -0.308 e. The monoisotopic (exact) mass is 280 g/mol. The lowest BCUT2D eigenvalue weighted by molar-refractivity contribution is 0.0853. The van der Waals surface area contributed by atoms with Gasteiger partial charge in [0.2, 0.25) is 0 Å². The molecule has 1 unspecified atom stereocenters. The van der Waals surface area contributed by atoms with Gasteiger partial charge in [0, 0.05) is 10.4 Å². The van der Waals surface area contributed by atoms with Crippen LogP contribution in [0, 0.1) is 0 Å². The lowest BCUT2D eigenvalue weighted by Gasteiger charge is -2.44. The molecule has 2 nitrogen and oxygen atoms in total. The molecule has 0 bridgehead atoms. The van der Waals surface area contributed by atoms with Gasteiger partial charge in [-0.3, -0.25) is 4.90 Å². The van der Waals surface area contributed by atoms with Crippen molar-refractivity contribution < 1.29 is 0 Å². The number of hydrogen-bond acceptors (Lipinski definition) is 3. The quantitative estimate of drug-likeness (QED) is 0.875. The van der Waals surface area contributed by atoms with Gasteiger partial charge < -0.3 is 5.32 Å². The van der Waals surface area contributed by atoms with Gasteiger partial charge in [-0.25, -0.2) is 0 Å². The van der Waals surface area contributed by atoms with Crippen LogP contribution in [0.4, 0.5) is 0 Å². The van der Waals surface area contributed by atoms with E-state index in [0.29, 0.717) is 6.04 Å². The van der Waals surface area contributed by atoms with Gasteiger partial charge >= 0.3 is 0 Å². The smallest absolute Gasteiger partial charge is 0.0596 e. The van der Waals surface area contributed by atoms with Crippen molar-refractivity contribution in [1.82, 2.24) is 10.2 Å². The van der Waals surface area contributed by atoms with Gasteiger partial charge in [-0.1, -0.05) is 25.8 Å². The summed E-state index contributed by atoms with van der Waals surface area (Å²) >= 11 is 1.88. The van der Waals surface area contributed by atoms with Crippen molar-refractivity contribution in [3.63, 3.8) is 0 Å². The third-order valence-corrected chi connectivity index (χ3v) is 5.30. The van der Waals surface area contributed by atoms with Crippen molar-refractivity contribution in [3.8, 4) is 0 Å². The van der Waals surface area contributed by atoms with E-state index >= 15 is 0 Å². The fraction of sp³-hybridized carbons (Fsp3) is 0.750. The lowest BCUT2D eigenvalue weighted by atomic mass is 9.90. The average molecular weight is 280 g/mol. The normalized spacial score (nSPS) is 20.2. The van der Waals surface area contributed by atoms with E-state index in [0.717, 1.165) is 6.54 Å². The summed E-state index contributed by atoms with van der Waals surface area (Å²) in [7, 11) is 0. The Kier molecular flexibility index (Phi) is 5.43. The molecule has 0 amide bonds. The summed E-state index contributed by atoms with van der Waals surface area (Å²) in [6.45, 7) is 10.6. The highest BCUT2D eigenvalue weighted by Crippen LogP contribution is 2.34. The molecule has 1 fully saturated rings. The van der Waals surface area contributed by atoms with Crippen LogP contribution in [0.5, 0.6) is 0 Å². The van der Waals surface area contributed by atoms with E-state index in [1.165, 1.54) is 43.6 Å². The van der Waals surface area contributed by atoms with Crippen LogP contribution in [0.1, 0.15) is 57.4 Å². The average Bonchev–Trinajstić information content (AvgIpc) is 2.76. The van der Waals surface area contributed by atoms with Crippen LogP contribution in [0.3, 0.4) is 0 Å². The van der Waals surface area contributed by atoms with E-state index in [9.17, 15) is 0 Å². The maximum atomic E-state index is 3.71. The van der Waals surface area contributed by atoms with Crippen LogP contribution in [-0.4, -0.2) is 30.1 Å². The topological polar surface area (TPSA) is 15.3 Å². The number of likely N-dealkylation sites (N-methyl/N-ethyl adjacent to an activating group) is 1. The Morgan fingerprint density at radius 3 is 2.47 bits per heavy atom. The van der Waals surface area contributed by atoms with E-state index in [2.05, 4.69) is 48.5 Å². The van der Waals surface area contributed by atoms with Crippen molar-refractivity contribution >= 4 is 11.3 Å². The molecule has 2 heterocycles. The molecule has 0 saturated carbocycles. The predicted molar refractivity (Wildman–Crippen MR) is 84.9 cm³/mol. The maximum Gasteiger partial charge on any atom is 0.0596 e. The molecule has 1 N–H and O–H groups in total. The van der Waals surface area contributed by atoms with Crippen LogP contribution in [0.25, 0.3) is 0 Å². The maximum absolute atomic E-state index is 3.71. The Labute approximate surface area is 122 Å². The zero-order chi connectivity index (χ0) is 13.7. The van der Waals surface area contributed by atoms with Gasteiger partial charge in [0.1, 0.15) is 0 Å². The third kappa shape index (κ3) is 3.59. The SMILES string of the molecule is CCNC(c1cccs1)C(C)(C)N1CCCCCC1. The molecule has 1 aromatic rings. The van der Waals surface area contributed by atoms with Gasteiger partial charge in [0.15, 0.2) is 0 Å². The zero-order valence-electron chi connectivity index (χ0n) is 12.6. The molecule has 1 atom stereocenters. The van der Waals surface area contributed by atoms with E-state index < -0.39 is 0 Å². The Morgan fingerprint density at radius 2 is 1.95 bits per heavy atom. The lowest BCUT2D eigenvalue weighted by Crippen LogP contribution is -2.52. The van der Waals surface area contributed by atoms with Crippen molar-refractivity contribution in [2.75, 3.05) is 19.6 Å².